The highest BCUT2D eigenvalue weighted by Gasteiger charge is 2.19. The summed E-state index contributed by atoms with van der Waals surface area (Å²) in [7, 11) is 3.08. The molecule has 0 aliphatic heterocycles. The van der Waals surface area contributed by atoms with Gasteiger partial charge in [0.1, 0.15) is 0 Å². The summed E-state index contributed by atoms with van der Waals surface area (Å²) < 4.78 is 4.29. The van der Waals surface area contributed by atoms with Gasteiger partial charge < -0.3 is 15.6 Å². The minimum Gasteiger partial charge on any atom is -0.361 e. The molecule has 0 aliphatic rings. The van der Waals surface area contributed by atoms with Crippen LogP contribution in [0.5, 0.6) is 0 Å². The molecule has 0 aliphatic carbocycles. The second kappa shape index (κ2) is 9.21. The van der Waals surface area contributed by atoms with E-state index in [0.717, 1.165) is 22.1 Å². The molecule has 2 aromatic carbocycles. The van der Waals surface area contributed by atoms with Crippen LogP contribution in [-0.4, -0.2) is 36.1 Å². The molecule has 0 spiro atoms. The fraction of sp³-hybridized carbons (Fsp3) is 0.231. The van der Waals surface area contributed by atoms with Crippen LogP contribution in [0.25, 0.3) is 22.1 Å². The highest BCUT2D eigenvalue weighted by molar-refractivity contribution is 5.88. The number of fused-ring (bicyclic) bond motifs is 2. The molecule has 0 radical (unpaired) electrons. The van der Waals surface area contributed by atoms with Gasteiger partial charge in [-0.25, -0.2) is 4.79 Å². The third kappa shape index (κ3) is 4.17. The Morgan fingerprint density at radius 3 is 2.53 bits per heavy atom. The molecule has 0 unspecified atom stereocenters. The first-order valence-electron chi connectivity index (χ1n) is 11.6. The Kier molecular flexibility index (Phi) is 5.93. The summed E-state index contributed by atoms with van der Waals surface area (Å²) in [5, 5.41) is 7.30. The quantitative estimate of drug-likeness (QED) is 0.327. The van der Waals surface area contributed by atoms with Crippen LogP contribution in [0.15, 0.2) is 64.3 Å². The summed E-state index contributed by atoms with van der Waals surface area (Å²) in [5.74, 6) is 0.364. The van der Waals surface area contributed by atoms with Crippen molar-refractivity contribution in [2.24, 2.45) is 14.1 Å². The monoisotopic (exact) mass is 485 g/mol. The molecule has 1 amide bonds. The number of aryl methyl sites for hydroxylation is 1. The Bertz CT molecular complexity index is 1700. The van der Waals surface area contributed by atoms with Crippen molar-refractivity contribution < 1.29 is 4.79 Å². The average molecular weight is 486 g/mol. The predicted molar refractivity (Wildman–Crippen MR) is 141 cm³/mol. The van der Waals surface area contributed by atoms with E-state index in [1.165, 1.54) is 29.5 Å². The van der Waals surface area contributed by atoms with E-state index < -0.39 is 11.2 Å². The number of amides is 1. The van der Waals surface area contributed by atoms with Crippen LogP contribution in [0.2, 0.25) is 0 Å². The summed E-state index contributed by atoms with van der Waals surface area (Å²) in [4.78, 5) is 44.9. The number of imidazole rings is 1. The average Bonchev–Trinajstić information content (AvgIpc) is 3.44. The lowest BCUT2D eigenvalue weighted by Crippen LogP contribution is -2.37. The number of nitrogens with one attached hydrogen (secondary N) is 3. The highest BCUT2D eigenvalue weighted by atomic mass is 16.2. The van der Waals surface area contributed by atoms with Crippen molar-refractivity contribution in [2.75, 3.05) is 17.2 Å². The van der Waals surface area contributed by atoms with Crippen molar-refractivity contribution in [1.82, 2.24) is 23.7 Å². The van der Waals surface area contributed by atoms with E-state index in [-0.39, 0.29) is 5.91 Å². The number of H-pyrrole nitrogens is 1. The van der Waals surface area contributed by atoms with Crippen LogP contribution in [-0.2, 0) is 31.9 Å². The molecule has 3 N–H and O–H groups in total. The van der Waals surface area contributed by atoms with Crippen molar-refractivity contribution in [1.29, 1.82) is 0 Å². The minimum atomic E-state index is -0.429. The standard InChI is InChI=1S/C26H27N7O3/c1-16(34)29-19-10-8-17(9-11-19)15-33-22-23(31(2)26(36)32(3)24(22)35)30-25(33)27-13-12-18-14-28-21-7-5-4-6-20(18)21/h4-11,14,28H,12-13,15H2,1-3H3,(H,27,30)(H,29,34). The van der Waals surface area contributed by atoms with Gasteiger partial charge in [-0.3, -0.25) is 23.3 Å². The molecule has 10 heteroatoms. The Morgan fingerprint density at radius 1 is 1.03 bits per heavy atom. The van der Waals surface area contributed by atoms with E-state index in [1.807, 2.05) is 48.7 Å². The molecule has 0 fully saturated rings. The SMILES string of the molecule is CC(=O)Nc1ccc(Cn2c(NCCc3c[nH]c4ccccc34)nc3c2c(=O)n(C)c(=O)n3C)cc1. The third-order valence-electron chi connectivity index (χ3n) is 6.32. The van der Waals surface area contributed by atoms with Gasteiger partial charge >= 0.3 is 5.69 Å². The molecule has 184 valence electrons. The summed E-state index contributed by atoms with van der Waals surface area (Å²) in [6.45, 7) is 2.40. The summed E-state index contributed by atoms with van der Waals surface area (Å²) >= 11 is 0. The van der Waals surface area contributed by atoms with E-state index in [1.54, 1.807) is 11.6 Å². The zero-order chi connectivity index (χ0) is 25.4. The summed E-state index contributed by atoms with van der Waals surface area (Å²) in [6, 6.07) is 15.5. The Balaban J connectivity index is 1.49. The zero-order valence-corrected chi connectivity index (χ0v) is 20.3. The van der Waals surface area contributed by atoms with Crippen molar-refractivity contribution >= 4 is 39.6 Å². The highest BCUT2D eigenvalue weighted by Crippen LogP contribution is 2.21. The Hall–Kier alpha value is -4.60. The number of hydrogen-bond donors (Lipinski definition) is 3. The number of carbonyl (C=O) groups is 1. The van der Waals surface area contributed by atoms with E-state index >= 15 is 0 Å². The van der Waals surface area contributed by atoms with Gasteiger partial charge in [-0.2, -0.15) is 4.98 Å². The maximum atomic E-state index is 13.1. The molecule has 0 saturated carbocycles. The lowest BCUT2D eigenvalue weighted by molar-refractivity contribution is -0.114. The number of nitrogens with zero attached hydrogens (tertiary/aromatic N) is 4. The smallest absolute Gasteiger partial charge is 0.332 e. The molecule has 5 rings (SSSR count). The summed E-state index contributed by atoms with van der Waals surface area (Å²) in [6.07, 6.45) is 2.75. The van der Waals surface area contributed by atoms with Gasteiger partial charge in [0, 0.05) is 50.4 Å². The first kappa shape index (κ1) is 23.2. The number of rotatable bonds is 7. The van der Waals surface area contributed by atoms with E-state index in [0.29, 0.717) is 35.9 Å². The molecule has 5 aromatic rings. The fourth-order valence-electron chi connectivity index (χ4n) is 4.46. The van der Waals surface area contributed by atoms with Crippen molar-refractivity contribution in [3.05, 3.63) is 86.7 Å². The van der Waals surface area contributed by atoms with Crippen LogP contribution >= 0.6 is 0 Å². The molecule has 10 nitrogen and oxygen atoms in total. The molecule has 3 heterocycles. The molecule has 0 atom stereocenters. The van der Waals surface area contributed by atoms with Crippen LogP contribution in [0.1, 0.15) is 18.1 Å². The van der Waals surface area contributed by atoms with Crippen LogP contribution in [0.4, 0.5) is 11.6 Å². The van der Waals surface area contributed by atoms with Gasteiger partial charge in [0.05, 0.1) is 6.54 Å². The van der Waals surface area contributed by atoms with E-state index in [9.17, 15) is 14.4 Å². The van der Waals surface area contributed by atoms with Crippen LogP contribution in [0.3, 0.4) is 0 Å². The first-order valence-corrected chi connectivity index (χ1v) is 11.6. The largest absolute Gasteiger partial charge is 0.361 e. The van der Waals surface area contributed by atoms with Gasteiger partial charge in [0.2, 0.25) is 11.9 Å². The number of aromatic nitrogens is 5. The predicted octanol–water partition coefficient (Wildman–Crippen LogP) is 2.58. The molecular formula is C26H27N7O3. The fourth-order valence-corrected chi connectivity index (χ4v) is 4.46. The number of benzene rings is 2. The minimum absolute atomic E-state index is 0.144. The maximum Gasteiger partial charge on any atom is 0.332 e. The lowest BCUT2D eigenvalue weighted by atomic mass is 10.1. The first-order chi connectivity index (χ1) is 17.3. The number of para-hydroxylation sites is 1. The topological polar surface area (TPSA) is 119 Å². The third-order valence-corrected chi connectivity index (χ3v) is 6.32. The Morgan fingerprint density at radius 2 is 1.78 bits per heavy atom. The van der Waals surface area contributed by atoms with Crippen molar-refractivity contribution in [3.8, 4) is 0 Å². The van der Waals surface area contributed by atoms with Crippen molar-refractivity contribution in [3.63, 3.8) is 0 Å². The van der Waals surface area contributed by atoms with Gasteiger partial charge in [0.15, 0.2) is 11.2 Å². The number of carbonyl (C=O) groups excluding carboxylic acids is 1. The maximum absolute atomic E-state index is 13.1. The molecule has 3 aromatic heterocycles. The van der Waals surface area contributed by atoms with Gasteiger partial charge in [-0.05, 0) is 35.7 Å². The van der Waals surface area contributed by atoms with Gasteiger partial charge in [-0.1, -0.05) is 30.3 Å². The second-order valence-corrected chi connectivity index (χ2v) is 8.81. The molecule has 0 saturated heterocycles. The van der Waals surface area contributed by atoms with Gasteiger partial charge in [-0.15, -0.1) is 0 Å². The second-order valence-electron chi connectivity index (χ2n) is 8.81. The Labute approximate surface area is 206 Å². The molecule has 36 heavy (non-hydrogen) atoms. The van der Waals surface area contributed by atoms with Crippen molar-refractivity contribution in [2.45, 2.75) is 19.9 Å². The lowest BCUT2D eigenvalue weighted by Gasteiger charge is -2.12. The number of anilines is 2. The van der Waals surface area contributed by atoms with E-state index in [2.05, 4.69) is 26.7 Å². The van der Waals surface area contributed by atoms with Crippen LogP contribution < -0.4 is 21.9 Å². The number of aromatic amines is 1. The zero-order valence-electron chi connectivity index (χ0n) is 20.3. The number of hydrogen-bond acceptors (Lipinski definition) is 5. The molecule has 0 bridgehead atoms. The van der Waals surface area contributed by atoms with E-state index in [4.69, 9.17) is 0 Å². The van der Waals surface area contributed by atoms with Gasteiger partial charge in [0.25, 0.3) is 5.56 Å². The summed E-state index contributed by atoms with van der Waals surface area (Å²) in [5.41, 5.74) is 3.71. The normalized spacial score (nSPS) is 11.3. The molecular weight excluding hydrogens is 458 g/mol. The van der Waals surface area contributed by atoms with Crippen LogP contribution in [0, 0.1) is 0 Å².